The molecule has 0 aliphatic carbocycles. The number of hydrogen-bond donors (Lipinski definition) is 1. The Bertz CT molecular complexity index is 376. The van der Waals surface area contributed by atoms with Crippen molar-refractivity contribution in [3.05, 3.63) is 23.2 Å². The van der Waals surface area contributed by atoms with Gasteiger partial charge in [-0.3, -0.25) is 0 Å². The molecule has 0 saturated carbocycles. The Morgan fingerprint density at radius 3 is 2.71 bits per heavy atom. The third-order valence-electron chi connectivity index (χ3n) is 3.24. The van der Waals surface area contributed by atoms with Crippen LogP contribution in [0.1, 0.15) is 12.8 Å². The molecule has 0 amide bonds. The van der Waals surface area contributed by atoms with E-state index in [2.05, 4.69) is 17.3 Å². The van der Waals surface area contributed by atoms with Crippen LogP contribution in [0.25, 0.3) is 0 Å². The lowest BCUT2D eigenvalue weighted by molar-refractivity contribution is 0.263. The average Bonchev–Trinajstić information content (AvgIpc) is 2.32. The summed E-state index contributed by atoms with van der Waals surface area (Å²) >= 11 is 6.01. The molecule has 4 heteroatoms. The van der Waals surface area contributed by atoms with Crippen LogP contribution in [0.15, 0.2) is 18.2 Å². The summed E-state index contributed by atoms with van der Waals surface area (Å²) in [5.41, 5.74) is 0.995. The zero-order chi connectivity index (χ0) is 12.3. The van der Waals surface area contributed by atoms with Crippen LogP contribution >= 0.6 is 11.6 Å². The molecule has 1 aliphatic heterocycles. The number of anilines is 1. The van der Waals surface area contributed by atoms with Crippen molar-refractivity contribution in [2.75, 3.05) is 32.6 Å². The Balaban J connectivity index is 2.04. The Labute approximate surface area is 108 Å². The normalized spacial score (nSPS) is 18.1. The van der Waals surface area contributed by atoms with Gasteiger partial charge >= 0.3 is 0 Å². The van der Waals surface area contributed by atoms with Crippen LogP contribution < -0.4 is 10.1 Å². The van der Waals surface area contributed by atoms with Gasteiger partial charge in [-0.1, -0.05) is 11.6 Å². The van der Waals surface area contributed by atoms with Gasteiger partial charge in [-0.15, -0.1) is 0 Å². The van der Waals surface area contributed by atoms with Crippen molar-refractivity contribution >= 4 is 17.3 Å². The van der Waals surface area contributed by atoms with Crippen LogP contribution in [-0.2, 0) is 0 Å². The minimum absolute atomic E-state index is 0.513. The van der Waals surface area contributed by atoms with Gasteiger partial charge in [-0.05, 0) is 51.2 Å². The van der Waals surface area contributed by atoms with Crippen LogP contribution in [0.3, 0.4) is 0 Å². The molecule has 0 bridgehead atoms. The van der Waals surface area contributed by atoms with Gasteiger partial charge in [0.2, 0.25) is 0 Å². The highest BCUT2D eigenvalue weighted by Gasteiger charge is 2.17. The number of hydrogen-bond acceptors (Lipinski definition) is 3. The van der Waals surface area contributed by atoms with Crippen LogP contribution in [0.4, 0.5) is 5.69 Å². The van der Waals surface area contributed by atoms with E-state index in [4.69, 9.17) is 16.3 Å². The van der Waals surface area contributed by atoms with Crippen molar-refractivity contribution in [3.63, 3.8) is 0 Å². The smallest absolute Gasteiger partial charge is 0.142 e. The number of nitrogens with zero attached hydrogens (tertiary/aromatic N) is 1. The number of benzene rings is 1. The van der Waals surface area contributed by atoms with Crippen LogP contribution in [0.5, 0.6) is 5.75 Å². The van der Waals surface area contributed by atoms with Crippen molar-refractivity contribution in [2.24, 2.45) is 0 Å². The first-order chi connectivity index (χ1) is 8.19. The number of nitrogens with one attached hydrogen (secondary N) is 1. The van der Waals surface area contributed by atoms with Gasteiger partial charge in [0, 0.05) is 11.1 Å². The number of methoxy groups -OCH3 is 1. The Kier molecular flexibility index (Phi) is 4.13. The first-order valence-electron chi connectivity index (χ1n) is 5.97. The molecule has 0 spiro atoms. The molecule has 1 heterocycles. The summed E-state index contributed by atoms with van der Waals surface area (Å²) < 4.78 is 5.33. The second kappa shape index (κ2) is 5.61. The van der Waals surface area contributed by atoms with Gasteiger partial charge in [0.1, 0.15) is 5.75 Å². The van der Waals surface area contributed by atoms with Crippen LogP contribution in [0.2, 0.25) is 5.02 Å². The molecule has 0 atom stereocenters. The molecule has 1 fully saturated rings. The topological polar surface area (TPSA) is 24.5 Å². The van der Waals surface area contributed by atoms with Gasteiger partial charge in [-0.2, -0.15) is 0 Å². The molecule has 1 aromatic carbocycles. The first-order valence-corrected chi connectivity index (χ1v) is 6.35. The van der Waals surface area contributed by atoms with E-state index < -0.39 is 0 Å². The highest BCUT2D eigenvalue weighted by atomic mass is 35.5. The van der Waals surface area contributed by atoms with Crippen molar-refractivity contribution in [3.8, 4) is 5.75 Å². The number of ether oxygens (including phenoxy) is 1. The SMILES string of the molecule is COc1ccc(Cl)cc1NC1CCN(C)CC1. The molecule has 94 valence electrons. The van der Waals surface area contributed by atoms with Crippen molar-refractivity contribution in [1.82, 2.24) is 4.90 Å². The largest absolute Gasteiger partial charge is 0.495 e. The van der Waals surface area contributed by atoms with Gasteiger partial charge in [0.15, 0.2) is 0 Å². The fourth-order valence-corrected chi connectivity index (χ4v) is 2.34. The summed E-state index contributed by atoms with van der Waals surface area (Å²) in [4.78, 5) is 2.35. The third kappa shape index (κ3) is 3.27. The van der Waals surface area contributed by atoms with E-state index >= 15 is 0 Å². The lowest BCUT2D eigenvalue weighted by atomic mass is 10.1. The highest BCUT2D eigenvalue weighted by Crippen LogP contribution is 2.29. The molecule has 1 aromatic rings. The maximum Gasteiger partial charge on any atom is 0.142 e. The van der Waals surface area contributed by atoms with Crippen molar-refractivity contribution < 1.29 is 4.74 Å². The summed E-state index contributed by atoms with van der Waals surface area (Å²) in [7, 11) is 3.85. The second-order valence-corrected chi connectivity index (χ2v) is 5.00. The number of halogens is 1. The molecule has 2 rings (SSSR count). The molecule has 1 N–H and O–H groups in total. The summed E-state index contributed by atoms with van der Waals surface area (Å²) in [6, 6.07) is 6.19. The maximum absolute atomic E-state index is 6.01. The average molecular weight is 255 g/mol. The molecule has 1 aliphatic rings. The van der Waals surface area contributed by atoms with Crippen LogP contribution in [-0.4, -0.2) is 38.2 Å². The third-order valence-corrected chi connectivity index (χ3v) is 3.47. The summed E-state index contributed by atoms with van der Waals surface area (Å²) in [6.45, 7) is 2.28. The predicted molar refractivity (Wildman–Crippen MR) is 72.1 cm³/mol. The lowest BCUT2D eigenvalue weighted by Gasteiger charge is -2.30. The Morgan fingerprint density at radius 2 is 2.06 bits per heavy atom. The Morgan fingerprint density at radius 1 is 1.35 bits per heavy atom. The van der Waals surface area contributed by atoms with Gasteiger partial charge in [-0.25, -0.2) is 0 Å². The zero-order valence-corrected chi connectivity index (χ0v) is 11.1. The van der Waals surface area contributed by atoms with Gasteiger partial charge in [0.25, 0.3) is 0 Å². The highest BCUT2D eigenvalue weighted by molar-refractivity contribution is 6.30. The molecular weight excluding hydrogens is 236 g/mol. The maximum atomic E-state index is 6.01. The van der Waals surface area contributed by atoms with E-state index in [-0.39, 0.29) is 0 Å². The predicted octanol–water partition coefficient (Wildman–Crippen LogP) is 2.85. The Hall–Kier alpha value is -0.930. The van der Waals surface area contributed by atoms with Crippen molar-refractivity contribution in [1.29, 1.82) is 0 Å². The number of rotatable bonds is 3. The van der Waals surface area contributed by atoms with E-state index in [1.54, 1.807) is 7.11 Å². The first kappa shape index (κ1) is 12.5. The number of piperidine rings is 1. The molecule has 17 heavy (non-hydrogen) atoms. The summed E-state index contributed by atoms with van der Waals surface area (Å²) in [6.07, 6.45) is 2.32. The quantitative estimate of drug-likeness (QED) is 0.898. The molecule has 0 aromatic heterocycles. The second-order valence-electron chi connectivity index (χ2n) is 4.57. The minimum Gasteiger partial charge on any atom is -0.495 e. The molecular formula is C13H19ClN2O. The lowest BCUT2D eigenvalue weighted by Crippen LogP contribution is -2.36. The van der Waals surface area contributed by atoms with E-state index in [1.165, 1.54) is 0 Å². The molecule has 0 unspecified atom stereocenters. The zero-order valence-electron chi connectivity index (χ0n) is 10.4. The van der Waals surface area contributed by atoms with Crippen LogP contribution in [0, 0.1) is 0 Å². The fourth-order valence-electron chi connectivity index (χ4n) is 2.17. The number of likely N-dealkylation sites (tertiary alicyclic amines) is 1. The standard InChI is InChI=1S/C13H19ClN2O/c1-16-7-5-11(6-8-16)15-12-9-10(14)3-4-13(12)17-2/h3-4,9,11,15H,5-8H2,1-2H3. The molecule has 1 saturated heterocycles. The van der Waals surface area contributed by atoms with E-state index in [0.717, 1.165) is 42.4 Å². The van der Waals surface area contributed by atoms with E-state index in [0.29, 0.717) is 6.04 Å². The van der Waals surface area contributed by atoms with E-state index in [1.807, 2.05) is 18.2 Å². The fraction of sp³-hybridized carbons (Fsp3) is 0.538. The van der Waals surface area contributed by atoms with Gasteiger partial charge in [0.05, 0.1) is 12.8 Å². The monoisotopic (exact) mass is 254 g/mol. The van der Waals surface area contributed by atoms with Crippen molar-refractivity contribution in [2.45, 2.75) is 18.9 Å². The minimum atomic E-state index is 0.513. The molecule has 0 radical (unpaired) electrons. The summed E-state index contributed by atoms with van der Waals surface area (Å²) in [5.74, 6) is 0.855. The van der Waals surface area contributed by atoms with E-state index in [9.17, 15) is 0 Å². The molecule has 3 nitrogen and oxygen atoms in total. The summed E-state index contributed by atoms with van der Waals surface area (Å²) in [5, 5.41) is 4.26. The van der Waals surface area contributed by atoms with Gasteiger partial charge < -0.3 is 15.0 Å².